The molecule has 11 heteroatoms. The SMILES string of the molecule is O=[N+]([O-])c1ccc(S(=O)(=O)N(CCCC2CCCCC2)C2CCNCC2)c([N+](=O)[O-])c1. The number of non-ortho nitro benzene ring substituents is 1. The zero-order valence-electron chi connectivity index (χ0n) is 17.6. The Morgan fingerprint density at radius 2 is 1.68 bits per heavy atom. The van der Waals surface area contributed by atoms with E-state index in [0.717, 1.165) is 24.6 Å². The molecule has 1 heterocycles. The molecule has 0 radical (unpaired) electrons. The molecule has 1 aromatic rings. The van der Waals surface area contributed by atoms with Crippen LogP contribution in [0.2, 0.25) is 0 Å². The topological polar surface area (TPSA) is 136 Å². The average molecular weight is 455 g/mol. The summed E-state index contributed by atoms with van der Waals surface area (Å²) in [6.07, 6.45) is 8.95. The van der Waals surface area contributed by atoms with E-state index in [0.29, 0.717) is 44.8 Å². The van der Waals surface area contributed by atoms with Crippen molar-refractivity contribution in [3.8, 4) is 0 Å². The minimum atomic E-state index is -4.18. The third kappa shape index (κ3) is 5.78. The van der Waals surface area contributed by atoms with Crippen molar-refractivity contribution >= 4 is 21.4 Å². The number of rotatable bonds is 9. The number of hydrogen-bond donors (Lipinski definition) is 1. The van der Waals surface area contributed by atoms with E-state index in [4.69, 9.17) is 0 Å². The molecule has 1 saturated carbocycles. The molecule has 31 heavy (non-hydrogen) atoms. The molecule has 0 spiro atoms. The van der Waals surface area contributed by atoms with Gasteiger partial charge in [-0.2, -0.15) is 4.31 Å². The summed E-state index contributed by atoms with van der Waals surface area (Å²) < 4.78 is 28.5. The van der Waals surface area contributed by atoms with Crippen LogP contribution >= 0.6 is 0 Å². The first kappa shape index (κ1) is 23.6. The molecule has 1 saturated heterocycles. The van der Waals surface area contributed by atoms with E-state index in [1.165, 1.54) is 36.4 Å². The van der Waals surface area contributed by atoms with E-state index >= 15 is 0 Å². The zero-order chi connectivity index (χ0) is 22.4. The number of sulfonamides is 1. The lowest BCUT2D eigenvalue weighted by atomic mass is 9.86. The van der Waals surface area contributed by atoms with Crippen LogP contribution in [0.25, 0.3) is 0 Å². The molecule has 2 fully saturated rings. The fraction of sp³-hybridized carbons (Fsp3) is 0.700. The third-order valence-corrected chi connectivity index (χ3v) is 8.37. The van der Waals surface area contributed by atoms with Crippen LogP contribution in [-0.4, -0.2) is 48.2 Å². The smallest absolute Gasteiger partial charge is 0.296 e. The normalized spacial score (nSPS) is 18.9. The van der Waals surface area contributed by atoms with E-state index in [2.05, 4.69) is 5.32 Å². The van der Waals surface area contributed by atoms with Crippen molar-refractivity contribution in [1.29, 1.82) is 0 Å². The summed E-state index contributed by atoms with van der Waals surface area (Å²) in [5, 5.41) is 25.8. The maximum absolute atomic E-state index is 13.6. The van der Waals surface area contributed by atoms with Gasteiger partial charge < -0.3 is 5.32 Å². The summed E-state index contributed by atoms with van der Waals surface area (Å²) in [6.45, 7) is 1.67. The molecule has 0 amide bonds. The van der Waals surface area contributed by atoms with Crippen LogP contribution in [0.5, 0.6) is 0 Å². The maximum atomic E-state index is 13.6. The highest BCUT2D eigenvalue weighted by Crippen LogP contribution is 2.33. The number of nitro benzene ring substituents is 2. The Morgan fingerprint density at radius 3 is 2.29 bits per heavy atom. The van der Waals surface area contributed by atoms with Crippen molar-refractivity contribution in [2.45, 2.75) is 68.7 Å². The van der Waals surface area contributed by atoms with E-state index < -0.39 is 36.1 Å². The number of benzene rings is 1. The number of hydrogen-bond acceptors (Lipinski definition) is 7. The van der Waals surface area contributed by atoms with Crippen LogP contribution in [0.1, 0.15) is 57.8 Å². The Balaban J connectivity index is 1.87. The van der Waals surface area contributed by atoms with Crippen LogP contribution in [0.4, 0.5) is 11.4 Å². The van der Waals surface area contributed by atoms with Crippen molar-refractivity contribution in [2.75, 3.05) is 19.6 Å². The Labute approximate surface area is 182 Å². The second-order valence-electron chi connectivity index (χ2n) is 8.41. The molecule has 1 aromatic carbocycles. The van der Waals surface area contributed by atoms with Crippen LogP contribution in [0.15, 0.2) is 23.1 Å². The first-order valence-corrected chi connectivity index (χ1v) is 12.4. The third-order valence-electron chi connectivity index (χ3n) is 6.37. The van der Waals surface area contributed by atoms with Gasteiger partial charge in [0.15, 0.2) is 4.90 Å². The summed E-state index contributed by atoms with van der Waals surface area (Å²) >= 11 is 0. The van der Waals surface area contributed by atoms with Crippen LogP contribution in [0, 0.1) is 26.1 Å². The van der Waals surface area contributed by atoms with Crippen molar-refractivity contribution < 1.29 is 18.3 Å². The highest BCUT2D eigenvalue weighted by Gasteiger charge is 2.37. The van der Waals surface area contributed by atoms with Gasteiger partial charge in [-0.15, -0.1) is 0 Å². The van der Waals surface area contributed by atoms with Crippen LogP contribution in [0.3, 0.4) is 0 Å². The molecule has 0 atom stereocenters. The molecule has 172 valence electrons. The zero-order valence-corrected chi connectivity index (χ0v) is 18.4. The molecule has 3 rings (SSSR count). The number of nitrogens with one attached hydrogen (secondary N) is 1. The highest BCUT2D eigenvalue weighted by atomic mass is 32.2. The van der Waals surface area contributed by atoms with Gasteiger partial charge in [-0.25, -0.2) is 8.42 Å². The van der Waals surface area contributed by atoms with Gasteiger partial charge in [0, 0.05) is 18.7 Å². The van der Waals surface area contributed by atoms with Gasteiger partial charge in [0.2, 0.25) is 10.0 Å². The Bertz CT molecular complexity index is 895. The molecular weight excluding hydrogens is 424 g/mol. The monoisotopic (exact) mass is 454 g/mol. The average Bonchev–Trinajstić information content (AvgIpc) is 2.77. The molecule has 2 aliphatic rings. The highest BCUT2D eigenvalue weighted by molar-refractivity contribution is 7.89. The number of piperidine rings is 1. The van der Waals surface area contributed by atoms with Crippen molar-refractivity contribution in [1.82, 2.24) is 9.62 Å². The standard InChI is InChI=1S/C20H30N4O6S/c25-23(26)18-8-9-20(19(15-18)24(27)28)31(29,30)22(17-10-12-21-13-11-17)14-4-7-16-5-2-1-3-6-16/h8-9,15-17,21H,1-7,10-14H2. The lowest BCUT2D eigenvalue weighted by Crippen LogP contribution is -2.46. The number of nitrogens with zero attached hydrogens (tertiary/aromatic N) is 3. The first-order valence-electron chi connectivity index (χ1n) is 11.0. The molecule has 0 aromatic heterocycles. The van der Waals surface area contributed by atoms with E-state index in [-0.39, 0.29) is 6.04 Å². The van der Waals surface area contributed by atoms with Crippen LogP contribution in [-0.2, 0) is 10.0 Å². The van der Waals surface area contributed by atoms with Crippen molar-refractivity contribution in [3.63, 3.8) is 0 Å². The van der Waals surface area contributed by atoms with E-state index in [1.54, 1.807) is 0 Å². The lowest BCUT2D eigenvalue weighted by Gasteiger charge is -2.34. The minimum absolute atomic E-state index is 0.243. The minimum Gasteiger partial charge on any atom is -0.317 e. The molecule has 0 bridgehead atoms. The summed E-state index contributed by atoms with van der Waals surface area (Å²) in [5.74, 6) is 0.611. The van der Waals surface area contributed by atoms with Crippen molar-refractivity contribution in [3.05, 3.63) is 38.4 Å². The van der Waals surface area contributed by atoms with E-state index in [9.17, 15) is 28.6 Å². The Morgan fingerprint density at radius 1 is 1.00 bits per heavy atom. The molecule has 1 aliphatic heterocycles. The first-order chi connectivity index (χ1) is 14.8. The predicted molar refractivity (Wildman–Crippen MR) is 115 cm³/mol. The second kappa shape index (κ2) is 10.5. The van der Waals surface area contributed by atoms with Crippen LogP contribution < -0.4 is 5.32 Å². The summed E-state index contributed by atoms with van der Waals surface area (Å²) in [7, 11) is -4.18. The fourth-order valence-electron chi connectivity index (χ4n) is 4.71. The maximum Gasteiger partial charge on any atom is 0.296 e. The largest absolute Gasteiger partial charge is 0.317 e. The summed E-state index contributed by atoms with van der Waals surface area (Å²) in [4.78, 5) is 20.5. The van der Waals surface area contributed by atoms with Gasteiger partial charge >= 0.3 is 0 Å². The van der Waals surface area contributed by atoms with Gasteiger partial charge in [-0.1, -0.05) is 32.1 Å². The second-order valence-corrected chi connectivity index (χ2v) is 10.3. The molecular formula is C20H30N4O6S. The van der Waals surface area contributed by atoms with Gasteiger partial charge in [0.1, 0.15) is 0 Å². The Hall–Kier alpha value is -2.11. The summed E-state index contributed by atoms with van der Waals surface area (Å²) in [6, 6.07) is 2.51. The van der Waals surface area contributed by atoms with Crippen molar-refractivity contribution in [2.24, 2.45) is 5.92 Å². The number of nitro groups is 2. The summed E-state index contributed by atoms with van der Waals surface area (Å²) in [5.41, 5.74) is -1.25. The molecule has 1 aliphatic carbocycles. The fourth-order valence-corrected chi connectivity index (χ4v) is 6.57. The van der Waals surface area contributed by atoms with Gasteiger partial charge in [0.25, 0.3) is 11.4 Å². The lowest BCUT2D eigenvalue weighted by molar-refractivity contribution is -0.396. The predicted octanol–water partition coefficient (Wildman–Crippen LogP) is 3.61. The molecule has 10 nitrogen and oxygen atoms in total. The molecule has 1 N–H and O–H groups in total. The molecule has 0 unspecified atom stereocenters. The van der Waals surface area contributed by atoms with E-state index in [1.807, 2.05) is 0 Å². The van der Waals surface area contributed by atoms with Gasteiger partial charge in [0.05, 0.1) is 15.9 Å². The Kier molecular flexibility index (Phi) is 7.95. The van der Waals surface area contributed by atoms with Gasteiger partial charge in [-0.05, 0) is 50.8 Å². The quantitative estimate of drug-likeness (QED) is 0.445. The van der Waals surface area contributed by atoms with Gasteiger partial charge in [-0.3, -0.25) is 20.2 Å².